The van der Waals surface area contributed by atoms with Crippen LogP contribution in [0.15, 0.2) is 30.3 Å². The van der Waals surface area contributed by atoms with Gasteiger partial charge >= 0.3 is 0 Å². The van der Waals surface area contributed by atoms with Crippen molar-refractivity contribution in [1.82, 2.24) is 4.90 Å². The molecular formula is C16H26N2O. The van der Waals surface area contributed by atoms with Crippen LogP contribution in [-0.4, -0.2) is 36.2 Å². The minimum absolute atomic E-state index is 0.167. The standard InChI is InChI=1S/C16H26N2O/c17-14-16(9-12-19)7-4-10-18(11-8-16)13-15-5-2-1-3-6-15/h1-3,5-6,19H,4,7-14,17H2. The topological polar surface area (TPSA) is 49.5 Å². The Morgan fingerprint density at radius 2 is 1.95 bits per heavy atom. The van der Waals surface area contributed by atoms with E-state index in [-0.39, 0.29) is 12.0 Å². The number of rotatable bonds is 5. The molecule has 1 aromatic rings. The molecule has 1 unspecified atom stereocenters. The quantitative estimate of drug-likeness (QED) is 0.853. The van der Waals surface area contributed by atoms with Gasteiger partial charge < -0.3 is 10.8 Å². The average Bonchev–Trinajstić information content (AvgIpc) is 2.64. The van der Waals surface area contributed by atoms with Crippen LogP contribution >= 0.6 is 0 Å². The van der Waals surface area contributed by atoms with Crippen molar-refractivity contribution in [2.45, 2.75) is 32.2 Å². The van der Waals surface area contributed by atoms with Crippen molar-refractivity contribution in [3.8, 4) is 0 Å². The summed E-state index contributed by atoms with van der Waals surface area (Å²) in [6.45, 7) is 4.22. The highest BCUT2D eigenvalue weighted by atomic mass is 16.3. The first-order chi connectivity index (χ1) is 9.28. The molecule has 2 rings (SSSR count). The fourth-order valence-electron chi connectivity index (χ4n) is 3.10. The Morgan fingerprint density at radius 3 is 2.63 bits per heavy atom. The first-order valence-corrected chi connectivity index (χ1v) is 7.35. The van der Waals surface area contributed by atoms with Gasteiger partial charge in [0.05, 0.1) is 0 Å². The third kappa shape index (κ3) is 4.03. The molecule has 1 aromatic carbocycles. The van der Waals surface area contributed by atoms with Crippen LogP contribution < -0.4 is 5.73 Å². The van der Waals surface area contributed by atoms with Crippen LogP contribution in [0.5, 0.6) is 0 Å². The van der Waals surface area contributed by atoms with Crippen molar-refractivity contribution in [2.24, 2.45) is 11.1 Å². The molecule has 1 saturated heterocycles. The fourth-order valence-corrected chi connectivity index (χ4v) is 3.10. The summed E-state index contributed by atoms with van der Waals surface area (Å²) in [6.07, 6.45) is 4.29. The van der Waals surface area contributed by atoms with E-state index < -0.39 is 0 Å². The molecular weight excluding hydrogens is 236 g/mol. The van der Waals surface area contributed by atoms with Gasteiger partial charge in [-0.3, -0.25) is 4.90 Å². The summed E-state index contributed by atoms with van der Waals surface area (Å²) in [5, 5.41) is 9.24. The van der Waals surface area contributed by atoms with Gasteiger partial charge in [-0.25, -0.2) is 0 Å². The first-order valence-electron chi connectivity index (χ1n) is 7.35. The molecule has 1 aliphatic heterocycles. The van der Waals surface area contributed by atoms with Gasteiger partial charge in [-0.05, 0) is 56.3 Å². The zero-order chi connectivity index (χ0) is 13.6. The minimum Gasteiger partial charge on any atom is -0.396 e. The van der Waals surface area contributed by atoms with Gasteiger partial charge in [-0.2, -0.15) is 0 Å². The molecule has 3 N–H and O–H groups in total. The maximum absolute atomic E-state index is 9.24. The zero-order valence-electron chi connectivity index (χ0n) is 11.7. The SMILES string of the molecule is NCC1(CCO)CCCN(Cc2ccccc2)CC1. The molecule has 106 valence electrons. The summed E-state index contributed by atoms with van der Waals surface area (Å²) in [7, 11) is 0. The highest BCUT2D eigenvalue weighted by Crippen LogP contribution is 2.33. The predicted molar refractivity (Wildman–Crippen MR) is 78.8 cm³/mol. The number of aliphatic hydroxyl groups is 1. The van der Waals surface area contributed by atoms with Gasteiger partial charge in [0, 0.05) is 13.2 Å². The Bertz CT molecular complexity index is 368. The number of nitrogens with two attached hydrogens (primary N) is 1. The lowest BCUT2D eigenvalue weighted by Gasteiger charge is -2.30. The smallest absolute Gasteiger partial charge is 0.0436 e. The van der Waals surface area contributed by atoms with Crippen molar-refractivity contribution < 1.29 is 5.11 Å². The fraction of sp³-hybridized carbons (Fsp3) is 0.625. The van der Waals surface area contributed by atoms with Crippen LogP contribution in [0.3, 0.4) is 0 Å². The van der Waals surface area contributed by atoms with Crippen molar-refractivity contribution in [2.75, 3.05) is 26.2 Å². The predicted octanol–water partition coefficient (Wildman–Crippen LogP) is 2.00. The molecule has 0 aromatic heterocycles. The molecule has 0 aliphatic carbocycles. The van der Waals surface area contributed by atoms with Crippen LogP contribution in [0.1, 0.15) is 31.2 Å². The molecule has 1 atom stereocenters. The summed E-state index contributed by atoms with van der Waals surface area (Å²) >= 11 is 0. The Kier molecular flexibility index (Phi) is 5.37. The van der Waals surface area contributed by atoms with Crippen molar-refractivity contribution in [3.05, 3.63) is 35.9 Å². The highest BCUT2D eigenvalue weighted by molar-refractivity contribution is 5.14. The van der Waals surface area contributed by atoms with Crippen LogP contribution in [0.25, 0.3) is 0 Å². The van der Waals surface area contributed by atoms with Gasteiger partial charge in [-0.1, -0.05) is 30.3 Å². The van der Waals surface area contributed by atoms with Gasteiger partial charge in [0.25, 0.3) is 0 Å². The monoisotopic (exact) mass is 262 g/mol. The van der Waals surface area contributed by atoms with Crippen molar-refractivity contribution in [3.63, 3.8) is 0 Å². The number of hydrogen-bond donors (Lipinski definition) is 2. The average molecular weight is 262 g/mol. The van der Waals surface area contributed by atoms with Crippen LogP contribution in [0.4, 0.5) is 0 Å². The Hall–Kier alpha value is -0.900. The maximum Gasteiger partial charge on any atom is 0.0436 e. The molecule has 0 bridgehead atoms. The molecule has 3 heteroatoms. The van der Waals surface area contributed by atoms with Crippen LogP contribution in [-0.2, 0) is 6.54 Å². The third-order valence-corrected chi connectivity index (χ3v) is 4.46. The second-order valence-electron chi connectivity index (χ2n) is 5.79. The van der Waals surface area contributed by atoms with E-state index in [1.807, 2.05) is 0 Å². The largest absolute Gasteiger partial charge is 0.396 e. The normalized spacial score (nSPS) is 25.2. The van der Waals surface area contributed by atoms with E-state index in [0.717, 1.165) is 38.9 Å². The molecule has 0 amide bonds. The lowest BCUT2D eigenvalue weighted by molar-refractivity contribution is 0.163. The minimum atomic E-state index is 0.167. The van der Waals surface area contributed by atoms with E-state index in [0.29, 0.717) is 6.54 Å². The first kappa shape index (κ1) is 14.5. The molecule has 0 radical (unpaired) electrons. The summed E-state index contributed by atoms with van der Waals surface area (Å²) in [5.74, 6) is 0. The van der Waals surface area contributed by atoms with Gasteiger partial charge in [0.15, 0.2) is 0 Å². The summed E-state index contributed by atoms with van der Waals surface area (Å²) < 4.78 is 0. The van der Waals surface area contributed by atoms with Gasteiger partial charge in [-0.15, -0.1) is 0 Å². The van der Waals surface area contributed by atoms with Crippen LogP contribution in [0.2, 0.25) is 0 Å². The van der Waals surface area contributed by atoms with Gasteiger partial charge in [0.2, 0.25) is 0 Å². The van der Waals surface area contributed by atoms with Crippen LogP contribution in [0, 0.1) is 5.41 Å². The highest BCUT2D eigenvalue weighted by Gasteiger charge is 2.30. The zero-order valence-corrected chi connectivity index (χ0v) is 11.7. The summed E-state index contributed by atoms with van der Waals surface area (Å²) in [6, 6.07) is 10.6. The molecule has 19 heavy (non-hydrogen) atoms. The van der Waals surface area contributed by atoms with E-state index >= 15 is 0 Å². The van der Waals surface area contributed by atoms with E-state index in [4.69, 9.17) is 5.73 Å². The molecule has 1 fully saturated rings. The summed E-state index contributed by atoms with van der Waals surface area (Å²) in [5.41, 5.74) is 7.51. The Morgan fingerprint density at radius 1 is 1.16 bits per heavy atom. The van der Waals surface area contributed by atoms with E-state index in [2.05, 4.69) is 35.2 Å². The molecule has 0 spiro atoms. The number of nitrogens with zero attached hydrogens (tertiary/aromatic N) is 1. The lowest BCUT2D eigenvalue weighted by atomic mass is 9.78. The second-order valence-corrected chi connectivity index (χ2v) is 5.79. The van der Waals surface area contributed by atoms with Gasteiger partial charge in [0.1, 0.15) is 0 Å². The second kappa shape index (κ2) is 7.04. The van der Waals surface area contributed by atoms with E-state index in [1.165, 1.54) is 12.0 Å². The number of aliphatic hydroxyl groups excluding tert-OH is 1. The molecule has 1 aliphatic rings. The van der Waals surface area contributed by atoms with E-state index in [9.17, 15) is 5.11 Å². The van der Waals surface area contributed by atoms with E-state index in [1.54, 1.807) is 0 Å². The maximum atomic E-state index is 9.24. The number of likely N-dealkylation sites (tertiary alicyclic amines) is 1. The number of benzene rings is 1. The Labute approximate surface area is 116 Å². The molecule has 3 nitrogen and oxygen atoms in total. The lowest BCUT2D eigenvalue weighted by Crippen LogP contribution is -2.33. The number of hydrogen-bond acceptors (Lipinski definition) is 3. The van der Waals surface area contributed by atoms with Crippen molar-refractivity contribution in [1.29, 1.82) is 0 Å². The Balaban J connectivity index is 1.93. The summed E-state index contributed by atoms with van der Waals surface area (Å²) in [4.78, 5) is 2.52. The molecule has 0 saturated carbocycles. The molecule has 1 heterocycles. The third-order valence-electron chi connectivity index (χ3n) is 4.46. The van der Waals surface area contributed by atoms with Crippen molar-refractivity contribution >= 4 is 0 Å².